The number of alkyl halides is 1. The second kappa shape index (κ2) is 11.1. The van der Waals surface area contributed by atoms with Gasteiger partial charge in [0, 0.05) is 6.54 Å². The number of benzene rings is 1. The topological polar surface area (TPSA) is 91.4 Å². The van der Waals surface area contributed by atoms with Gasteiger partial charge in [-0.2, -0.15) is 0 Å². The molecule has 2 N–H and O–H groups in total. The van der Waals surface area contributed by atoms with E-state index in [1.165, 1.54) is 0 Å². The first-order chi connectivity index (χ1) is 17.9. The Morgan fingerprint density at radius 2 is 1.87 bits per heavy atom. The monoisotopic (exact) mass is 542 g/mol. The van der Waals surface area contributed by atoms with Gasteiger partial charge < -0.3 is 15.5 Å². The zero-order chi connectivity index (χ0) is 27.7. The molecule has 38 heavy (non-hydrogen) atoms. The van der Waals surface area contributed by atoms with Gasteiger partial charge in [-0.05, 0) is 55.6 Å². The summed E-state index contributed by atoms with van der Waals surface area (Å²) in [6.07, 6.45) is 3.27. The van der Waals surface area contributed by atoms with Crippen molar-refractivity contribution in [2.45, 2.75) is 96.9 Å². The second-order valence-corrected chi connectivity index (χ2v) is 12.5. The lowest BCUT2D eigenvalue weighted by Crippen LogP contribution is -2.59. The van der Waals surface area contributed by atoms with Crippen LogP contribution in [0.25, 0.3) is 10.4 Å². The van der Waals surface area contributed by atoms with Crippen molar-refractivity contribution in [2.75, 3.05) is 6.54 Å². The maximum Gasteiger partial charge on any atom is 0.258 e. The Morgan fingerprint density at radius 1 is 1.18 bits per heavy atom. The SMILES string of the molecule is CCCC(NC(=O)C1CCCN1C(=O)C(NC(=O)C1(F)CC1)C(C)(C)C)c1ccc(-c2scnc2C)cc1. The lowest BCUT2D eigenvalue weighted by atomic mass is 9.85. The standard InChI is InChI=1S/C29H39FN4O3S/c1-6-8-21(19-10-12-20(13-11-19)23-18(2)31-17-38-23)32-25(35)22-9-7-16-34(22)26(36)24(28(3,4)5)33-27(37)29(30)14-15-29/h10-13,17,21-22,24H,6-9,14-16H2,1-5H3,(H,32,35)(H,33,37). The van der Waals surface area contributed by atoms with E-state index in [1.807, 2.05) is 45.3 Å². The van der Waals surface area contributed by atoms with Crippen LogP contribution in [-0.4, -0.2) is 51.9 Å². The summed E-state index contributed by atoms with van der Waals surface area (Å²) in [5, 5.41) is 5.85. The molecule has 0 radical (unpaired) electrons. The maximum absolute atomic E-state index is 14.4. The molecule has 206 valence electrons. The minimum Gasteiger partial charge on any atom is -0.348 e. The van der Waals surface area contributed by atoms with Crippen molar-refractivity contribution in [1.82, 2.24) is 20.5 Å². The van der Waals surface area contributed by atoms with E-state index in [1.54, 1.807) is 16.2 Å². The average molecular weight is 543 g/mol. The number of amides is 3. The summed E-state index contributed by atoms with van der Waals surface area (Å²) in [6, 6.07) is 6.49. The van der Waals surface area contributed by atoms with Gasteiger partial charge in [-0.1, -0.05) is 58.4 Å². The number of rotatable bonds is 9. The summed E-state index contributed by atoms with van der Waals surface area (Å²) in [5.74, 6) is -1.25. The Morgan fingerprint density at radius 3 is 2.42 bits per heavy atom. The van der Waals surface area contributed by atoms with Gasteiger partial charge in [0.25, 0.3) is 5.91 Å². The van der Waals surface area contributed by atoms with Crippen molar-refractivity contribution in [2.24, 2.45) is 5.41 Å². The number of hydrogen-bond donors (Lipinski definition) is 2. The average Bonchev–Trinajstić information content (AvgIpc) is 3.25. The smallest absolute Gasteiger partial charge is 0.258 e. The number of likely N-dealkylation sites (tertiary alicyclic amines) is 1. The summed E-state index contributed by atoms with van der Waals surface area (Å²) in [4.78, 5) is 46.7. The van der Waals surface area contributed by atoms with Crippen LogP contribution in [0, 0.1) is 12.3 Å². The molecule has 9 heteroatoms. The van der Waals surface area contributed by atoms with E-state index in [0.29, 0.717) is 19.4 Å². The molecule has 3 atom stereocenters. The molecule has 1 aromatic carbocycles. The molecule has 3 unspecified atom stereocenters. The molecule has 1 saturated heterocycles. The van der Waals surface area contributed by atoms with Crippen LogP contribution in [0.2, 0.25) is 0 Å². The molecule has 4 rings (SSSR count). The highest BCUT2D eigenvalue weighted by atomic mass is 32.1. The zero-order valence-electron chi connectivity index (χ0n) is 23.0. The fourth-order valence-electron chi connectivity index (χ4n) is 5.04. The van der Waals surface area contributed by atoms with Crippen LogP contribution >= 0.6 is 11.3 Å². The summed E-state index contributed by atoms with van der Waals surface area (Å²) < 4.78 is 14.4. The van der Waals surface area contributed by atoms with Gasteiger partial charge in [0.1, 0.15) is 12.1 Å². The van der Waals surface area contributed by atoms with Gasteiger partial charge in [-0.3, -0.25) is 14.4 Å². The molecule has 3 amide bonds. The number of aromatic nitrogens is 1. The maximum atomic E-state index is 14.4. The third kappa shape index (κ3) is 6.08. The van der Waals surface area contributed by atoms with Gasteiger partial charge in [0.05, 0.1) is 22.1 Å². The third-order valence-corrected chi connectivity index (χ3v) is 8.52. The van der Waals surface area contributed by atoms with Gasteiger partial charge in [0.2, 0.25) is 11.8 Å². The first-order valence-corrected chi connectivity index (χ1v) is 14.4. The quantitative estimate of drug-likeness (QED) is 0.461. The highest BCUT2D eigenvalue weighted by Crippen LogP contribution is 2.40. The highest BCUT2D eigenvalue weighted by molar-refractivity contribution is 7.13. The molecule has 0 bridgehead atoms. The van der Waals surface area contributed by atoms with E-state index in [4.69, 9.17) is 0 Å². The van der Waals surface area contributed by atoms with E-state index in [0.717, 1.165) is 34.5 Å². The predicted molar refractivity (Wildman–Crippen MR) is 147 cm³/mol. The largest absolute Gasteiger partial charge is 0.348 e. The number of nitrogens with one attached hydrogen (secondary N) is 2. The number of aryl methyl sites for hydroxylation is 1. The van der Waals surface area contributed by atoms with Crippen LogP contribution in [0.15, 0.2) is 29.8 Å². The molecule has 2 aromatic rings. The van der Waals surface area contributed by atoms with E-state index in [9.17, 15) is 18.8 Å². The van der Waals surface area contributed by atoms with Gasteiger partial charge >= 0.3 is 0 Å². The molecule has 1 saturated carbocycles. The fraction of sp³-hybridized carbons (Fsp3) is 0.586. The van der Waals surface area contributed by atoms with Crippen LogP contribution in [0.3, 0.4) is 0 Å². The molecule has 2 fully saturated rings. The zero-order valence-corrected chi connectivity index (χ0v) is 23.8. The lowest BCUT2D eigenvalue weighted by molar-refractivity contribution is -0.145. The Hall–Kier alpha value is -2.81. The summed E-state index contributed by atoms with van der Waals surface area (Å²) in [6.45, 7) is 10.0. The van der Waals surface area contributed by atoms with E-state index in [-0.39, 0.29) is 30.7 Å². The van der Waals surface area contributed by atoms with Crippen LogP contribution in [0.4, 0.5) is 4.39 Å². The predicted octanol–water partition coefficient (Wildman–Crippen LogP) is 5.10. The Bertz CT molecular complexity index is 1170. The van der Waals surface area contributed by atoms with Crippen molar-refractivity contribution >= 4 is 29.1 Å². The summed E-state index contributed by atoms with van der Waals surface area (Å²) in [7, 11) is 0. The van der Waals surface area contributed by atoms with E-state index in [2.05, 4.69) is 34.7 Å². The van der Waals surface area contributed by atoms with Gasteiger partial charge in [-0.25, -0.2) is 9.37 Å². The van der Waals surface area contributed by atoms with Crippen LogP contribution < -0.4 is 10.6 Å². The Balaban J connectivity index is 1.47. The molecule has 2 heterocycles. The second-order valence-electron chi connectivity index (χ2n) is 11.7. The lowest BCUT2D eigenvalue weighted by Gasteiger charge is -2.36. The number of carbonyl (C=O) groups excluding carboxylic acids is 3. The number of thiazole rings is 1. The first-order valence-electron chi connectivity index (χ1n) is 13.6. The fourth-order valence-corrected chi connectivity index (χ4v) is 5.85. The number of nitrogens with zero attached hydrogens (tertiary/aromatic N) is 2. The van der Waals surface area contributed by atoms with Crippen LogP contribution in [0.5, 0.6) is 0 Å². The van der Waals surface area contributed by atoms with Crippen LogP contribution in [0.1, 0.15) is 83.5 Å². The van der Waals surface area contributed by atoms with Gasteiger partial charge in [0.15, 0.2) is 5.67 Å². The Labute approximate surface area is 228 Å². The van der Waals surface area contributed by atoms with E-state index >= 15 is 0 Å². The summed E-state index contributed by atoms with van der Waals surface area (Å²) in [5.41, 5.74) is 2.44. The minimum absolute atomic E-state index is 0.180. The first kappa shape index (κ1) is 28.2. The highest BCUT2D eigenvalue weighted by Gasteiger charge is 2.53. The minimum atomic E-state index is -1.87. The molecule has 2 aliphatic rings. The van der Waals surface area contributed by atoms with Crippen molar-refractivity contribution in [3.05, 3.63) is 41.0 Å². The molecular weight excluding hydrogens is 503 g/mol. The van der Waals surface area contributed by atoms with Crippen LogP contribution in [-0.2, 0) is 14.4 Å². The Kier molecular flexibility index (Phi) is 8.26. The van der Waals surface area contributed by atoms with Crippen molar-refractivity contribution in [3.63, 3.8) is 0 Å². The molecule has 1 aliphatic carbocycles. The van der Waals surface area contributed by atoms with E-state index < -0.39 is 29.1 Å². The number of carbonyl (C=O) groups is 3. The molecule has 1 aromatic heterocycles. The number of halogens is 1. The van der Waals surface area contributed by atoms with Crippen molar-refractivity contribution in [3.8, 4) is 10.4 Å². The van der Waals surface area contributed by atoms with Gasteiger partial charge in [-0.15, -0.1) is 11.3 Å². The molecule has 1 aliphatic heterocycles. The molecule has 7 nitrogen and oxygen atoms in total. The van der Waals surface area contributed by atoms with Crippen molar-refractivity contribution in [1.29, 1.82) is 0 Å². The van der Waals surface area contributed by atoms with Crippen molar-refractivity contribution < 1.29 is 18.8 Å². The summed E-state index contributed by atoms with van der Waals surface area (Å²) >= 11 is 1.60. The molecular formula is C29H39FN4O3S. The normalized spacial score (nSPS) is 20.1. The number of hydrogen-bond acceptors (Lipinski definition) is 5. The molecule has 0 spiro atoms. The third-order valence-electron chi connectivity index (χ3n) is 7.54.